The predicted octanol–water partition coefficient (Wildman–Crippen LogP) is 5.19. The van der Waals surface area contributed by atoms with Crippen molar-refractivity contribution in [3.05, 3.63) is 108 Å². The maximum Gasteiger partial charge on any atom is 0.186 e. The Bertz CT molecular complexity index is 1160. The topological polar surface area (TPSA) is 44.1 Å². The first-order chi connectivity index (χ1) is 15.7. The average molecular weight is 439 g/mol. The first-order valence-corrected chi connectivity index (χ1v) is 12.8. The Morgan fingerprint density at radius 1 is 0.844 bits per heavy atom. The molecule has 0 aromatic heterocycles. The van der Waals surface area contributed by atoms with Crippen molar-refractivity contribution in [3.63, 3.8) is 0 Å². The molecule has 0 amide bonds. The van der Waals surface area contributed by atoms with Crippen LogP contribution < -0.4 is 10.6 Å². The number of benzene rings is 3. The molecule has 0 aliphatic carbocycles. The molecule has 0 atom stereocenters. The van der Waals surface area contributed by atoms with Crippen LogP contribution >= 0.6 is 6.89 Å². The van der Waals surface area contributed by atoms with Gasteiger partial charge in [-0.05, 0) is 43.1 Å². The third kappa shape index (κ3) is 4.20. The van der Waals surface area contributed by atoms with Gasteiger partial charge in [-0.2, -0.15) is 5.26 Å². The number of carbonyl (C=O) groups is 1. The van der Waals surface area contributed by atoms with Crippen LogP contribution in [-0.2, 0) is 0 Å². The first-order valence-electron chi connectivity index (χ1n) is 11.0. The lowest BCUT2D eigenvalue weighted by Gasteiger charge is -2.31. The number of nitriles is 1. The Balaban J connectivity index is 2.09. The van der Waals surface area contributed by atoms with Gasteiger partial charge in [-0.3, -0.25) is 4.79 Å². The lowest BCUT2D eigenvalue weighted by molar-refractivity contribution is 0.107. The van der Waals surface area contributed by atoms with E-state index in [0.717, 1.165) is 42.2 Å². The number of allylic oxidation sites excluding steroid dienone is 2. The summed E-state index contributed by atoms with van der Waals surface area (Å²) in [5, 5.41) is 13.3. The summed E-state index contributed by atoms with van der Waals surface area (Å²) in [7, 11) is 0. The zero-order valence-corrected chi connectivity index (χ0v) is 19.2. The number of hydrogen-bond acceptors (Lipinski definition) is 3. The monoisotopic (exact) mass is 438 g/mol. The molecular formula is C28H27N2OP. The number of hydrogen-bond donors (Lipinski definition) is 0. The minimum Gasteiger partial charge on any atom is -0.374 e. The van der Waals surface area contributed by atoms with Crippen molar-refractivity contribution in [3.8, 4) is 6.07 Å². The summed E-state index contributed by atoms with van der Waals surface area (Å²) in [6.45, 7) is 1.31. The molecule has 32 heavy (non-hydrogen) atoms. The Kier molecular flexibility index (Phi) is 6.74. The molecule has 1 saturated heterocycles. The van der Waals surface area contributed by atoms with Gasteiger partial charge in [0, 0.05) is 24.4 Å². The van der Waals surface area contributed by atoms with E-state index in [1.807, 2.05) is 79.5 Å². The molecule has 0 radical (unpaired) electrons. The van der Waals surface area contributed by atoms with Gasteiger partial charge in [-0.1, -0.05) is 91.0 Å². The second kappa shape index (κ2) is 9.86. The fraction of sp³-hybridized carbons (Fsp3) is 0.179. The van der Waals surface area contributed by atoms with E-state index in [1.54, 1.807) is 0 Å². The van der Waals surface area contributed by atoms with Crippen LogP contribution in [0.4, 0.5) is 0 Å². The standard InChI is InChI=1S/C28H27N2OP/c1-23(30-19-11-12-20-30)28(21-29)32(25-15-7-3-8-16-25,26-17-9-4-10-18-26)22-27(31)24-13-5-2-6-14-24/h2-10,13-18,22H,11-12,19-20H2,1H3/b28-23-. The summed E-state index contributed by atoms with van der Waals surface area (Å²) in [5.41, 5.74) is 1.63. The van der Waals surface area contributed by atoms with Gasteiger partial charge in [-0.15, -0.1) is 0 Å². The van der Waals surface area contributed by atoms with Gasteiger partial charge in [0.25, 0.3) is 0 Å². The van der Waals surface area contributed by atoms with Gasteiger partial charge in [0.1, 0.15) is 6.07 Å². The average Bonchev–Trinajstić information content (AvgIpc) is 3.40. The highest BCUT2D eigenvalue weighted by molar-refractivity contribution is 7.93. The van der Waals surface area contributed by atoms with Crippen LogP contribution in [0.1, 0.15) is 30.1 Å². The van der Waals surface area contributed by atoms with E-state index < -0.39 is 6.89 Å². The van der Waals surface area contributed by atoms with E-state index in [0.29, 0.717) is 10.9 Å². The highest BCUT2D eigenvalue weighted by atomic mass is 31.2. The number of likely N-dealkylation sites (tertiary alicyclic amines) is 1. The van der Waals surface area contributed by atoms with Crippen LogP contribution in [0, 0.1) is 11.3 Å². The van der Waals surface area contributed by atoms with Gasteiger partial charge in [-0.25, -0.2) is 0 Å². The molecule has 3 aromatic carbocycles. The highest BCUT2D eigenvalue weighted by Crippen LogP contribution is 2.54. The van der Waals surface area contributed by atoms with Crippen LogP contribution in [0.2, 0.25) is 0 Å². The smallest absolute Gasteiger partial charge is 0.186 e. The van der Waals surface area contributed by atoms with Crippen molar-refractivity contribution < 1.29 is 4.79 Å². The number of rotatable bonds is 6. The van der Waals surface area contributed by atoms with Crippen LogP contribution in [0.3, 0.4) is 0 Å². The largest absolute Gasteiger partial charge is 0.374 e. The molecule has 3 aromatic rings. The highest BCUT2D eigenvalue weighted by Gasteiger charge is 2.32. The summed E-state index contributed by atoms with van der Waals surface area (Å²) in [5.74, 6) is 1.80. The molecular weight excluding hydrogens is 411 g/mol. The number of ketones is 1. The van der Waals surface area contributed by atoms with E-state index in [-0.39, 0.29) is 5.78 Å². The van der Waals surface area contributed by atoms with E-state index in [9.17, 15) is 10.1 Å². The van der Waals surface area contributed by atoms with Gasteiger partial charge < -0.3 is 4.90 Å². The van der Waals surface area contributed by atoms with Crippen LogP contribution in [0.5, 0.6) is 0 Å². The van der Waals surface area contributed by atoms with Crippen LogP contribution in [0.25, 0.3) is 0 Å². The van der Waals surface area contributed by atoms with Crippen molar-refractivity contribution >= 4 is 29.1 Å². The van der Waals surface area contributed by atoms with E-state index in [4.69, 9.17) is 0 Å². The summed E-state index contributed by atoms with van der Waals surface area (Å²) >= 11 is 0. The summed E-state index contributed by atoms with van der Waals surface area (Å²) in [4.78, 5) is 15.9. The fourth-order valence-corrected chi connectivity index (χ4v) is 8.25. The zero-order valence-electron chi connectivity index (χ0n) is 18.3. The second-order valence-electron chi connectivity index (χ2n) is 7.99. The Labute approximate surface area is 190 Å². The maximum absolute atomic E-state index is 13.6. The normalized spacial score (nSPS) is 14.4. The van der Waals surface area contributed by atoms with Crippen molar-refractivity contribution in [2.75, 3.05) is 13.1 Å². The van der Waals surface area contributed by atoms with Gasteiger partial charge in [0.15, 0.2) is 5.78 Å². The third-order valence-corrected chi connectivity index (χ3v) is 10.1. The number of nitrogens with zero attached hydrogens (tertiary/aromatic N) is 2. The molecule has 0 bridgehead atoms. The molecule has 0 saturated carbocycles. The van der Waals surface area contributed by atoms with Crippen LogP contribution in [-0.4, -0.2) is 29.6 Å². The minimum atomic E-state index is -2.64. The quantitative estimate of drug-likeness (QED) is 0.302. The molecule has 1 aliphatic rings. The van der Waals surface area contributed by atoms with Crippen molar-refractivity contribution in [2.24, 2.45) is 0 Å². The molecule has 1 fully saturated rings. The predicted molar refractivity (Wildman–Crippen MR) is 135 cm³/mol. The Morgan fingerprint density at radius 3 is 1.78 bits per heavy atom. The maximum atomic E-state index is 13.6. The lowest BCUT2D eigenvalue weighted by Crippen LogP contribution is -2.25. The molecule has 0 unspecified atom stereocenters. The molecule has 4 heteroatoms. The number of carbonyl (C=O) groups excluding carboxylic acids is 1. The minimum absolute atomic E-state index is 0.0476. The zero-order chi connectivity index (χ0) is 22.4. The van der Waals surface area contributed by atoms with Gasteiger partial charge >= 0.3 is 0 Å². The SMILES string of the molecule is C/C(=C(\C#N)P(=CC(=O)c1ccccc1)(c1ccccc1)c1ccccc1)N1CCCC1. The molecule has 0 spiro atoms. The lowest BCUT2D eigenvalue weighted by atomic mass is 10.2. The third-order valence-electron chi connectivity index (χ3n) is 6.08. The molecule has 4 rings (SSSR count). The van der Waals surface area contributed by atoms with Gasteiger partial charge in [0.2, 0.25) is 0 Å². The molecule has 0 N–H and O–H groups in total. The summed E-state index contributed by atoms with van der Waals surface area (Å²) in [6, 6.07) is 32.1. The van der Waals surface area contributed by atoms with Crippen LogP contribution in [0.15, 0.2) is 102 Å². The van der Waals surface area contributed by atoms with Crippen molar-refractivity contribution in [2.45, 2.75) is 19.8 Å². The molecule has 160 valence electrons. The van der Waals surface area contributed by atoms with Crippen molar-refractivity contribution in [1.29, 1.82) is 5.26 Å². The number of Topliss-reactive ketones (excluding diaryl/α,β-unsaturated/α-hetero) is 1. The summed E-state index contributed by atoms with van der Waals surface area (Å²) in [6.07, 6.45) is 2.26. The molecule has 1 aliphatic heterocycles. The Morgan fingerprint density at radius 2 is 1.31 bits per heavy atom. The first kappa shape index (κ1) is 21.9. The van der Waals surface area contributed by atoms with E-state index in [2.05, 4.69) is 35.2 Å². The Hall–Kier alpha value is -3.34. The fourth-order valence-electron chi connectivity index (χ4n) is 4.42. The van der Waals surface area contributed by atoms with Gasteiger partial charge in [0.05, 0.1) is 5.31 Å². The van der Waals surface area contributed by atoms with Crippen molar-refractivity contribution in [1.82, 2.24) is 4.90 Å². The van der Waals surface area contributed by atoms with E-state index in [1.165, 1.54) is 0 Å². The molecule has 1 heterocycles. The van der Waals surface area contributed by atoms with E-state index >= 15 is 0 Å². The molecule has 3 nitrogen and oxygen atoms in total. The summed E-state index contributed by atoms with van der Waals surface area (Å²) < 4.78 is 0. The second-order valence-corrected chi connectivity index (χ2v) is 11.2.